The Balaban J connectivity index is 1.68. The summed E-state index contributed by atoms with van der Waals surface area (Å²) in [4.78, 5) is 2.57. The van der Waals surface area contributed by atoms with Gasteiger partial charge in [0.25, 0.3) is 0 Å². The van der Waals surface area contributed by atoms with Crippen molar-refractivity contribution in [3.05, 3.63) is 28.8 Å². The molecule has 0 spiro atoms. The molecule has 0 aliphatic carbocycles. The van der Waals surface area contributed by atoms with E-state index in [9.17, 15) is 0 Å². The molecule has 0 bridgehead atoms. The van der Waals surface area contributed by atoms with Gasteiger partial charge in [-0.15, -0.1) is 0 Å². The van der Waals surface area contributed by atoms with E-state index >= 15 is 0 Å². The van der Waals surface area contributed by atoms with Crippen molar-refractivity contribution >= 4 is 11.6 Å². The summed E-state index contributed by atoms with van der Waals surface area (Å²) in [5.74, 6) is 0.736. The highest BCUT2D eigenvalue weighted by Crippen LogP contribution is 2.24. The first kappa shape index (κ1) is 15.6. The van der Waals surface area contributed by atoms with Crippen molar-refractivity contribution in [2.45, 2.75) is 32.2 Å². The predicted molar refractivity (Wildman–Crippen MR) is 84.6 cm³/mol. The van der Waals surface area contributed by atoms with Crippen LogP contribution < -0.4 is 10.1 Å². The van der Waals surface area contributed by atoms with Gasteiger partial charge in [-0.05, 0) is 43.6 Å². The molecule has 1 N–H and O–H groups in total. The van der Waals surface area contributed by atoms with Crippen molar-refractivity contribution < 1.29 is 4.74 Å². The van der Waals surface area contributed by atoms with Gasteiger partial charge in [0.1, 0.15) is 5.75 Å². The fourth-order valence-corrected chi connectivity index (χ4v) is 2.93. The Morgan fingerprint density at radius 1 is 1.20 bits per heavy atom. The number of nitrogens with one attached hydrogen (secondary N) is 1. The van der Waals surface area contributed by atoms with Gasteiger partial charge in [0, 0.05) is 19.6 Å². The number of benzene rings is 1. The lowest BCUT2D eigenvalue weighted by Crippen LogP contribution is -2.32. The van der Waals surface area contributed by atoms with Crippen LogP contribution in [0, 0.1) is 0 Å². The third kappa shape index (κ3) is 4.97. The smallest absolute Gasteiger partial charge is 0.137 e. The van der Waals surface area contributed by atoms with Gasteiger partial charge >= 0.3 is 0 Å². The number of hydrogen-bond acceptors (Lipinski definition) is 3. The molecule has 1 aromatic carbocycles. The number of likely N-dealkylation sites (tertiary alicyclic amines) is 1. The topological polar surface area (TPSA) is 24.5 Å². The average Bonchev–Trinajstić information content (AvgIpc) is 2.72. The normalized spacial score (nSPS) is 16.9. The molecule has 4 heteroatoms. The SMILES string of the molecule is COc1ccc(CNCCN2CCCCCC2)cc1Cl. The molecule has 0 atom stereocenters. The minimum absolute atomic E-state index is 0.680. The molecule has 20 heavy (non-hydrogen) atoms. The zero-order valence-corrected chi connectivity index (χ0v) is 13.1. The Hall–Kier alpha value is -0.770. The van der Waals surface area contributed by atoms with Gasteiger partial charge in [0.2, 0.25) is 0 Å². The zero-order chi connectivity index (χ0) is 14.2. The standard InChI is InChI=1S/C16H25ClN2O/c1-20-16-7-6-14(12-15(16)17)13-18-8-11-19-9-4-2-3-5-10-19/h6-7,12,18H,2-5,8-11,13H2,1H3. The van der Waals surface area contributed by atoms with E-state index in [1.807, 2.05) is 12.1 Å². The second kappa shape index (κ2) is 8.50. The molecular formula is C16H25ClN2O. The number of halogens is 1. The summed E-state index contributed by atoms with van der Waals surface area (Å²) in [6.07, 6.45) is 5.50. The summed E-state index contributed by atoms with van der Waals surface area (Å²) in [6, 6.07) is 5.96. The maximum Gasteiger partial charge on any atom is 0.137 e. The lowest BCUT2D eigenvalue weighted by Gasteiger charge is -2.19. The van der Waals surface area contributed by atoms with E-state index < -0.39 is 0 Å². The monoisotopic (exact) mass is 296 g/mol. The molecule has 1 saturated heterocycles. The molecule has 1 heterocycles. The number of hydrogen-bond donors (Lipinski definition) is 1. The number of rotatable bonds is 6. The van der Waals surface area contributed by atoms with Crippen molar-refractivity contribution in [3.8, 4) is 5.75 Å². The Morgan fingerprint density at radius 3 is 2.60 bits per heavy atom. The lowest BCUT2D eigenvalue weighted by atomic mass is 10.2. The van der Waals surface area contributed by atoms with Crippen molar-refractivity contribution in [1.29, 1.82) is 0 Å². The number of methoxy groups -OCH3 is 1. The van der Waals surface area contributed by atoms with Gasteiger partial charge in [-0.2, -0.15) is 0 Å². The van der Waals surface area contributed by atoms with Crippen molar-refractivity contribution in [1.82, 2.24) is 10.2 Å². The van der Waals surface area contributed by atoms with Gasteiger partial charge in [-0.3, -0.25) is 0 Å². The third-order valence-electron chi connectivity index (χ3n) is 3.85. The fourth-order valence-electron chi connectivity index (χ4n) is 2.65. The largest absolute Gasteiger partial charge is 0.495 e. The quantitative estimate of drug-likeness (QED) is 0.815. The van der Waals surface area contributed by atoms with Crippen LogP contribution in [0.2, 0.25) is 5.02 Å². The predicted octanol–water partition coefficient (Wildman–Crippen LogP) is 3.31. The summed E-state index contributed by atoms with van der Waals surface area (Å²) in [7, 11) is 1.64. The van der Waals surface area contributed by atoms with Crippen LogP contribution in [-0.2, 0) is 6.54 Å². The number of nitrogens with zero attached hydrogens (tertiary/aromatic N) is 1. The molecule has 3 nitrogen and oxygen atoms in total. The first-order chi connectivity index (χ1) is 9.79. The van der Waals surface area contributed by atoms with E-state index in [2.05, 4.69) is 16.3 Å². The summed E-state index contributed by atoms with van der Waals surface area (Å²) in [5.41, 5.74) is 1.20. The van der Waals surface area contributed by atoms with Gasteiger partial charge in [-0.1, -0.05) is 30.5 Å². The molecule has 0 radical (unpaired) electrons. The van der Waals surface area contributed by atoms with Crippen LogP contribution in [-0.4, -0.2) is 38.2 Å². The van der Waals surface area contributed by atoms with Crippen LogP contribution in [0.25, 0.3) is 0 Å². The minimum atomic E-state index is 0.680. The van der Waals surface area contributed by atoms with Crippen LogP contribution in [0.5, 0.6) is 5.75 Å². The Bertz CT molecular complexity index is 403. The van der Waals surface area contributed by atoms with Crippen molar-refractivity contribution in [2.75, 3.05) is 33.3 Å². The Kier molecular flexibility index (Phi) is 6.64. The maximum absolute atomic E-state index is 6.12. The van der Waals surface area contributed by atoms with E-state index in [1.54, 1.807) is 7.11 Å². The molecule has 0 unspecified atom stereocenters. The summed E-state index contributed by atoms with van der Waals surface area (Å²) in [5, 5.41) is 4.17. The highest BCUT2D eigenvalue weighted by atomic mass is 35.5. The van der Waals surface area contributed by atoms with E-state index in [4.69, 9.17) is 16.3 Å². The second-order valence-electron chi connectivity index (χ2n) is 5.40. The minimum Gasteiger partial charge on any atom is -0.495 e. The lowest BCUT2D eigenvalue weighted by molar-refractivity contribution is 0.284. The molecule has 0 aromatic heterocycles. The molecule has 112 valence electrons. The Labute approximate surface area is 127 Å². The van der Waals surface area contributed by atoms with E-state index in [0.29, 0.717) is 5.02 Å². The van der Waals surface area contributed by atoms with Crippen molar-refractivity contribution in [2.24, 2.45) is 0 Å². The molecule has 0 amide bonds. The molecule has 0 saturated carbocycles. The number of ether oxygens (including phenoxy) is 1. The summed E-state index contributed by atoms with van der Waals surface area (Å²) >= 11 is 6.12. The third-order valence-corrected chi connectivity index (χ3v) is 4.14. The molecule has 1 aliphatic heterocycles. The average molecular weight is 297 g/mol. The van der Waals surface area contributed by atoms with Gasteiger partial charge in [0.15, 0.2) is 0 Å². The van der Waals surface area contributed by atoms with E-state index in [-0.39, 0.29) is 0 Å². The van der Waals surface area contributed by atoms with Gasteiger partial charge in [0.05, 0.1) is 12.1 Å². The van der Waals surface area contributed by atoms with Crippen molar-refractivity contribution in [3.63, 3.8) is 0 Å². The summed E-state index contributed by atoms with van der Waals surface area (Å²) in [6.45, 7) is 5.55. The Morgan fingerprint density at radius 2 is 1.95 bits per heavy atom. The molecule has 1 aromatic rings. The first-order valence-electron chi connectivity index (χ1n) is 7.55. The fraction of sp³-hybridized carbons (Fsp3) is 0.625. The first-order valence-corrected chi connectivity index (χ1v) is 7.93. The van der Waals surface area contributed by atoms with Gasteiger partial charge < -0.3 is 15.0 Å². The zero-order valence-electron chi connectivity index (χ0n) is 12.3. The maximum atomic E-state index is 6.12. The van der Waals surface area contributed by atoms with E-state index in [0.717, 1.165) is 25.4 Å². The van der Waals surface area contributed by atoms with Crippen LogP contribution in [0.4, 0.5) is 0 Å². The van der Waals surface area contributed by atoms with Gasteiger partial charge in [-0.25, -0.2) is 0 Å². The molecule has 1 aliphatic rings. The highest BCUT2D eigenvalue weighted by Gasteiger charge is 2.08. The molecular weight excluding hydrogens is 272 g/mol. The van der Waals surface area contributed by atoms with Crippen LogP contribution >= 0.6 is 11.6 Å². The second-order valence-corrected chi connectivity index (χ2v) is 5.81. The molecule has 1 fully saturated rings. The van der Waals surface area contributed by atoms with Crippen LogP contribution in [0.1, 0.15) is 31.2 Å². The molecule has 2 rings (SSSR count). The van der Waals surface area contributed by atoms with Crippen LogP contribution in [0.3, 0.4) is 0 Å². The summed E-state index contributed by atoms with van der Waals surface area (Å²) < 4.78 is 5.16. The van der Waals surface area contributed by atoms with Crippen LogP contribution in [0.15, 0.2) is 18.2 Å². The highest BCUT2D eigenvalue weighted by molar-refractivity contribution is 6.32. The van der Waals surface area contributed by atoms with E-state index in [1.165, 1.54) is 44.3 Å².